The normalized spacial score (nSPS) is 16.9. The summed E-state index contributed by atoms with van der Waals surface area (Å²) >= 11 is 0. The molecule has 3 aromatic rings. The van der Waals surface area contributed by atoms with Gasteiger partial charge in [-0.1, -0.05) is 30.3 Å². The first-order chi connectivity index (χ1) is 13.2. The van der Waals surface area contributed by atoms with Gasteiger partial charge in [0.1, 0.15) is 18.5 Å². The third-order valence-electron chi connectivity index (χ3n) is 4.82. The number of aromatic nitrogens is 4. The molecule has 0 N–H and O–H groups in total. The Balaban J connectivity index is 1.46. The quantitative estimate of drug-likeness (QED) is 0.667. The van der Waals surface area contributed by atoms with E-state index in [1.165, 1.54) is 0 Å². The molecule has 1 atom stereocenters. The third kappa shape index (κ3) is 3.62. The van der Waals surface area contributed by atoms with E-state index < -0.39 is 0 Å². The average Bonchev–Trinajstić information content (AvgIpc) is 3.28. The summed E-state index contributed by atoms with van der Waals surface area (Å²) < 4.78 is 1.67. The van der Waals surface area contributed by atoms with Gasteiger partial charge in [0.05, 0.1) is 5.56 Å². The van der Waals surface area contributed by atoms with Crippen molar-refractivity contribution in [2.45, 2.75) is 12.8 Å². The Kier molecular flexibility index (Phi) is 4.74. The van der Waals surface area contributed by atoms with Crippen LogP contribution in [0.3, 0.4) is 0 Å². The Hall–Kier alpha value is -3.35. The summed E-state index contributed by atoms with van der Waals surface area (Å²) in [5, 5.41) is 7.49. The zero-order valence-corrected chi connectivity index (χ0v) is 14.7. The number of hydrogen-bond donors (Lipinski definition) is 0. The molecule has 136 valence electrons. The van der Waals surface area contributed by atoms with Crippen LogP contribution in [0.4, 0.5) is 0 Å². The summed E-state index contributed by atoms with van der Waals surface area (Å²) in [7, 11) is 0. The Labute approximate surface area is 156 Å². The van der Waals surface area contributed by atoms with Gasteiger partial charge < -0.3 is 4.90 Å². The van der Waals surface area contributed by atoms with E-state index in [4.69, 9.17) is 0 Å². The van der Waals surface area contributed by atoms with Gasteiger partial charge in [-0.3, -0.25) is 14.2 Å². The molecule has 4 rings (SSSR count). The molecule has 0 spiro atoms. The van der Waals surface area contributed by atoms with Crippen molar-refractivity contribution in [3.8, 4) is 5.82 Å². The summed E-state index contributed by atoms with van der Waals surface area (Å²) in [5.41, 5.74) is 1.22. The van der Waals surface area contributed by atoms with Crippen molar-refractivity contribution in [1.82, 2.24) is 24.6 Å². The molecule has 7 nitrogen and oxygen atoms in total. The average molecular weight is 361 g/mol. The lowest BCUT2D eigenvalue weighted by molar-refractivity contribution is 0.0636. The third-order valence-corrected chi connectivity index (χ3v) is 4.82. The van der Waals surface area contributed by atoms with Crippen LogP contribution in [0.25, 0.3) is 5.82 Å². The monoisotopic (exact) mass is 361 g/mol. The van der Waals surface area contributed by atoms with Crippen molar-refractivity contribution in [2.75, 3.05) is 13.1 Å². The first-order valence-corrected chi connectivity index (χ1v) is 8.92. The number of carbonyl (C=O) groups is 2. The number of Topliss-reactive ketones (excluding diaryl/α,β-unsaturated/α-hetero) is 1. The first kappa shape index (κ1) is 17.1. The van der Waals surface area contributed by atoms with Gasteiger partial charge in [-0.05, 0) is 25.0 Å². The molecule has 0 unspecified atom stereocenters. The van der Waals surface area contributed by atoms with Gasteiger partial charge in [0.25, 0.3) is 5.91 Å². The number of hydrogen-bond acceptors (Lipinski definition) is 5. The molecule has 3 heterocycles. The standard InChI is InChI=1S/C20H19N5O2/c26-19(15-5-2-1-3-6-15)17-7-4-10-24(12-17)20(27)16-8-9-18(21-11-16)25-13-22-23-14-25/h1-3,5-6,8-9,11,13-14,17H,4,7,10,12H2/t17-/m0/s1. The summed E-state index contributed by atoms with van der Waals surface area (Å²) in [6.45, 7) is 1.10. The van der Waals surface area contributed by atoms with E-state index in [9.17, 15) is 9.59 Å². The predicted molar refractivity (Wildman–Crippen MR) is 98.6 cm³/mol. The second-order valence-electron chi connectivity index (χ2n) is 6.59. The van der Waals surface area contributed by atoms with Gasteiger partial charge >= 0.3 is 0 Å². The lowest BCUT2D eigenvalue weighted by Crippen LogP contribution is -2.42. The maximum absolute atomic E-state index is 12.8. The van der Waals surface area contributed by atoms with Crippen LogP contribution in [0, 0.1) is 5.92 Å². The summed E-state index contributed by atoms with van der Waals surface area (Å²) in [6, 6.07) is 12.8. The number of piperidine rings is 1. The van der Waals surface area contributed by atoms with Crippen molar-refractivity contribution in [3.63, 3.8) is 0 Å². The molecule has 1 saturated heterocycles. The van der Waals surface area contributed by atoms with Crippen LogP contribution < -0.4 is 0 Å². The Morgan fingerprint density at radius 2 is 1.74 bits per heavy atom. The summed E-state index contributed by atoms with van der Waals surface area (Å²) in [6.07, 6.45) is 6.28. The summed E-state index contributed by atoms with van der Waals surface area (Å²) in [4.78, 5) is 31.6. The van der Waals surface area contributed by atoms with Crippen molar-refractivity contribution in [3.05, 3.63) is 72.4 Å². The maximum atomic E-state index is 12.8. The van der Waals surface area contributed by atoms with Gasteiger partial charge in [0, 0.05) is 30.8 Å². The van der Waals surface area contributed by atoms with Gasteiger partial charge in [-0.15, -0.1) is 10.2 Å². The molecular weight excluding hydrogens is 342 g/mol. The topological polar surface area (TPSA) is 81.0 Å². The fourth-order valence-corrected chi connectivity index (χ4v) is 3.38. The number of pyridine rings is 1. The number of amides is 1. The molecule has 1 amide bonds. The second kappa shape index (κ2) is 7.49. The number of nitrogens with zero attached hydrogens (tertiary/aromatic N) is 5. The fourth-order valence-electron chi connectivity index (χ4n) is 3.38. The van der Waals surface area contributed by atoms with Crippen LogP contribution in [0.15, 0.2) is 61.3 Å². The lowest BCUT2D eigenvalue weighted by atomic mass is 9.90. The minimum absolute atomic E-state index is 0.0941. The highest BCUT2D eigenvalue weighted by molar-refractivity contribution is 5.99. The van der Waals surface area contributed by atoms with Crippen molar-refractivity contribution in [1.29, 1.82) is 0 Å². The Morgan fingerprint density at radius 1 is 0.963 bits per heavy atom. The van der Waals surface area contributed by atoms with Crippen molar-refractivity contribution < 1.29 is 9.59 Å². The van der Waals surface area contributed by atoms with Gasteiger partial charge in [0.2, 0.25) is 0 Å². The van der Waals surface area contributed by atoms with Crippen LogP contribution in [-0.2, 0) is 0 Å². The molecule has 0 bridgehead atoms. The molecule has 1 fully saturated rings. The van der Waals surface area contributed by atoms with E-state index in [1.54, 1.807) is 40.5 Å². The fraction of sp³-hybridized carbons (Fsp3) is 0.250. The molecule has 1 aliphatic heterocycles. The lowest BCUT2D eigenvalue weighted by Gasteiger charge is -2.32. The van der Waals surface area contributed by atoms with Crippen LogP contribution in [0.5, 0.6) is 0 Å². The van der Waals surface area contributed by atoms with Crippen LogP contribution in [0.1, 0.15) is 33.6 Å². The van der Waals surface area contributed by atoms with Crippen molar-refractivity contribution in [2.24, 2.45) is 5.92 Å². The molecule has 7 heteroatoms. The van der Waals surface area contributed by atoms with E-state index in [0.717, 1.165) is 12.8 Å². The zero-order valence-electron chi connectivity index (χ0n) is 14.7. The van der Waals surface area contributed by atoms with Crippen LogP contribution in [0.2, 0.25) is 0 Å². The largest absolute Gasteiger partial charge is 0.338 e. The Morgan fingerprint density at radius 3 is 2.44 bits per heavy atom. The van der Waals surface area contributed by atoms with Crippen molar-refractivity contribution >= 4 is 11.7 Å². The highest BCUT2D eigenvalue weighted by Gasteiger charge is 2.29. The molecule has 0 aliphatic carbocycles. The number of carbonyl (C=O) groups excluding carboxylic acids is 2. The molecule has 27 heavy (non-hydrogen) atoms. The predicted octanol–water partition coefficient (Wildman–Crippen LogP) is 2.40. The smallest absolute Gasteiger partial charge is 0.255 e. The molecule has 1 aliphatic rings. The minimum atomic E-state index is -0.158. The molecule has 0 radical (unpaired) electrons. The van der Waals surface area contributed by atoms with Gasteiger partial charge in [-0.2, -0.15) is 0 Å². The first-order valence-electron chi connectivity index (χ1n) is 8.92. The van der Waals surface area contributed by atoms with Crippen LogP contribution >= 0.6 is 0 Å². The van der Waals surface area contributed by atoms with E-state index >= 15 is 0 Å². The molecule has 0 saturated carbocycles. The number of ketones is 1. The molecular formula is C20H19N5O2. The highest BCUT2D eigenvalue weighted by atomic mass is 16.2. The molecule has 2 aromatic heterocycles. The Bertz CT molecular complexity index is 923. The maximum Gasteiger partial charge on any atom is 0.255 e. The summed E-state index contributed by atoms with van der Waals surface area (Å²) in [5.74, 6) is 0.499. The van der Waals surface area contributed by atoms with Gasteiger partial charge in [-0.25, -0.2) is 4.98 Å². The van der Waals surface area contributed by atoms with E-state index in [2.05, 4.69) is 15.2 Å². The number of benzene rings is 1. The second-order valence-corrected chi connectivity index (χ2v) is 6.59. The van der Waals surface area contributed by atoms with E-state index in [0.29, 0.717) is 30.0 Å². The number of likely N-dealkylation sites (tertiary alicyclic amines) is 1. The van der Waals surface area contributed by atoms with E-state index in [-0.39, 0.29) is 17.6 Å². The van der Waals surface area contributed by atoms with Gasteiger partial charge in [0.15, 0.2) is 5.78 Å². The zero-order chi connectivity index (χ0) is 18.6. The molecule has 1 aromatic carbocycles. The minimum Gasteiger partial charge on any atom is -0.338 e. The van der Waals surface area contributed by atoms with E-state index in [1.807, 2.05) is 30.3 Å². The highest BCUT2D eigenvalue weighted by Crippen LogP contribution is 2.22. The van der Waals surface area contributed by atoms with Crippen LogP contribution in [-0.4, -0.2) is 49.4 Å². The SMILES string of the molecule is O=C(c1ccccc1)[C@H]1CCCN(C(=O)c2ccc(-n3cnnc3)nc2)C1. The number of rotatable bonds is 4.